The summed E-state index contributed by atoms with van der Waals surface area (Å²) in [5, 5.41) is 0. The molecule has 0 aromatic carbocycles. The van der Waals surface area contributed by atoms with E-state index in [0.717, 1.165) is 19.4 Å². The molecule has 0 unspecified atom stereocenters. The van der Waals surface area contributed by atoms with Gasteiger partial charge in [-0.3, -0.25) is 4.98 Å². The van der Waals surface area contributed by atoms with Gasteiger partial charge in [-0.15, -0.1) is 12.4 Å². The van der Waals surface area contributed by atoms with E-state index in [1.807, 2.05) is 24.5 Å². The molecule has 0 aliphatic rings. The van der Waals surface area contributed by atoms with Crippen LogP contribution in [0.15, 0.2) is 24.5 Å². The average molecular weight is 173 g/mol. The number of nitrogens with two attached hydrogens (primary N) is 1. The van der Waals surface area contributed by atoms with Crippen molar-refractivity contribution in [2.75, 3.05) is 6.54 Å². The van der Waals surface area contributed by atoms with Gasteiger partial charge in [0.1, 0.15) is 0 Å². The lowest BCUT2D eigenvalue weighted by Gasteiger charge is -1.96. The lowest BCUT2D eigenvalue weighted by atomic mass is 10.1. The smallest absolute Gasteiger partial charge is 0.0270 e. The molecule has 0 aliphatic heterocycles. The highest BCUT2D eigenvalue weighted by Gasteiger charge is 1.88. The van der Waals surface area contributed by atoms with Crippen molar-refractivity contribution in [3.8, 4) is 0 Å². The third-order valence-electron chi connectivity index (χ3n) is 1.42. The molecule has 3 heteroatoms. The predicted octanol–water partition coefficient (Wildman–Crippen LogP) is 1.39. The standard InChI is InChI=1S/C8H12N2.ClH/c9-5-1-2-8-3-6-10-7-4-8;/h3-4,6-7H,1-2,5,9H2;1H. The predicted molar refractivity (Wildman–Crippen MR) is 48.9 cm³/mol. The molecule has 0 fully saturated rings. The Morgan fingerprint density at radius 2 is 1.91 bits per heavy atom. The van der Waals surface area contributed by atoms with E-state index in [4.69, 9.17) is 5.73 Å². The van der Waals surface area contributed by atoms with Crippen molar-refractivity contribution in [1.82, 2.24) is 4.98 Å². The number of aryl methyl sites for hydroxylation is 1. The Morgan fingerprint density at radius 1 is 1.27 bits per heavy atom. The van der Waals surface area contributed by atoms with Gasteiger partial charge < -0.3 is 5.73 Å². The summed E-state index contributed by atoms with van der Waals surface area (Å²) in [6, 6.07) is 4.05. The summed E-state index contributed by atoms with van der Waals surface area (Å²) >= 11 is 0. The fourth-order valence-corrected chi connectivity index (χ4v) is 0.856. The SMILES string of the molecule is Cl.NCCCc1ccncc1. The largest absolute Gasteiger partial charge is 0.330 e. The van der Waals surface area contributed by atoms with Gasteiger partial charge in [-0.25, -0.2) is 0 Å². The van der Waals surface area contributed by atoms with Crippen molar-refractivity contribution < 1.29 is 0 Å². The molecule has 1 aromatic heterocycles. The van der Waals surface area contributed by atoms with E-state index in [1.54, 1.807) is 0 Å². The summed E-state index contributed by atoms with van der Waals surface area (Å²) in [5.74, 6) is 0. The van der Waals surface area contributed by atoms with Crippen molar-refractivity contribution in [3.63, 3.8) is 0 Å². The maximum atomic E-state index is 5.36. The quantitative estimate of drug-likeness (QED) is 0.749. The Labute approximate surface area is 73.2 Å². The first-order chi connectivity index (χ1) is 4.93. The topological polar surface area (TPSA) is 38.9 Å². The highest BCUT2D eigenvalue weighted by molar-refractivity contribution is 5.85. The third-order valence-corrected chi connectivity index (χ3v) is 1.42. The van der Waals surface area contributed by atoms with Crippen LogP contribution in [0.2, 0.25) is 0 Å². The van der Waals surface area contributed by atoms with Crippen molar-refractivity contribution in [2.45, 2.75) is 12.8 Å². The Balaban J connectivity index is 0.000001000. The van der Waals surface area contributed by atoms with E-state index in [2.05, 4.69) is 4.98 Å². The highest BCUT2D eigenvalue weighted by atomic mass is 35.5. The first-order valence-electron chi connectivity index (χ1n) is 3.52. The van der Waals surface area contributed by atoms with E-state index >= 15 is 0 Å². The van der Waals surface area contributed by atoms with Crippen molar-refractivity contribution in [1.29, 1.82) is 0 Å². The summed E-state index contributed by atoms with van der Waals surface area (Å²) < 4.78 is 0. The van der Waals surface area contributed by atoms with Crippen LogP contribution >= 0.6 is 12.4 Å². The number of aromatic nitrogens is 1. The van der Waals surface area contributed by atoms with Gasteiger partial charge in [0, 0.05) is 12.4 Å². The van der Waals surface area contributed by atoms with Crippen LogP contribution in [0.4, 0.5) is 0 Å². The van der Waals surface area contributed by atoms with Gasteiger partial charge in [-0.2, -0.15) is 0 Å². The molecule has 0 saturated heterocycles. The Hall–Kier alpha value is -0.600. The lowest BCUT2D eigenvalue weighted by Crippen LogP contribution is -2.00. The molecule has 0 radical (unpaired) electrons. The van der Waals surface area contributed by atoms with Gasteiger partial charge in [0.2, 0.25) is 0 Å². The van der Waals surface area contributed by atoms with Crippen molar-refractivity contribution in [3.05, 3.63) is 30.1 Å². The maximum absolute atomic E-state index is 5.36. The van der Waals surface area contributed by atoms with Gasteiger partial charge in [0.15, 0.2) is 0 Å². The van der Waals surface area contributed by atoms with Gasteiger partial charge in [-0.1, -0.05) is 0 Å². The number of rotatable bonds is 3. The molecule has 0 atom stereocenters. The summed E-state index contributed by atoms with van der Waals surface area (Å²) in [6.07, 6.45) is 5.75. The lowest BCUT2D eigenvalue weighted by molar-refractivity contribution is 0.831. The van der Waals surface area contributed by atoms with E-state index in [-0.39, 0.29) is 12.4 Å². The van der Waals surface area contributed by atoms with Crippen LogP contribution < -0.4 is 5.73 Å². The second-order valence-corrected chi connectivity index (χ2v) is 2.25. The zero-order valence-corrected chi connectivity index (χ0v) is 7.18. The Bertz CT molecular complexity index is 177. The van der Waals surface area contributed by atoms with Crippen LogP contribution in [-0.4, -0.2) is 11.5 Å². The van der Waals surface area contributed by atoms with Crippen LogP contribution in [0, 0.1) is 0 Å². The number of halogens is 1. The molecule has 62 valence electrons. The average Bonchev–Trinajstić information content (AvgIpc) is 2.03. The number of hydrogen-bond donors (Lipinski definition) is 1. The van der Waals surface area contributed by atoms with Gasteiger partial charge in [0.05, 0.1) is 0 Å². The molecule has 2 nitrogen and oxygen atoms in total. The van der Waals surface area contributed by atoms with Gasteiger partial charge in [-0.05, 0) is 37.1 Å². The van der Waals surface area contributed by atoms with Crippen molar-refractivity contribution >= 4 is 12.4 Å². The van der Waals surface area contributed by atoms with Crippen molar-refractivity contribution in [2.24, 2.45) is 5.73 Å². The van der Waals surface area contributed by atoms with Crippen LogP contribution in [0.3, 0.4) is 0 Å². The molecule has 0 bridgehead atoms. The highest BCUT2D eigenvalue weighted by Crippen LogP contribution is 1.98. The van der Waals surface area contributed by atoms with E-state index in [9.17, 15) is 0 Å². The number of pyridine rings is 1. The fourth-order valence-electron chi connectivity index (χ4n) is 0.856. The Morgan fingerprint density at radius 3 is 2.45 bits per heavy atom. The number of hydrogen-bond acceptors (Lipinski definition) is 2. The van der Waals surface area contributed by atoms with E-state index in [0.29, 0.717) is 0 Å². The molecule has 0 saturated carbocycles. The summed E-state index contributed by atoms with van der Waals surface area (Å²) in [5.41, 5.74) is 6.68. The second-order valence-electron chi connectivity index (χ2n) is 2.25. The summed E-state index contributed by atoms with van der Waals surface area (Å²) in [4.78, 5) is 3.92. The van der Waals surface area contributed by atoms with Gasteiger partial charge in [0.25, 0.3) is 0 Å². The molecule has 0 aliphatic carbocycles. The fraction of sp³-hybridized carbons (Fsp3) is 0.375. The molecule has 11 heavy (non-hydrogen) atoms. The number of nitrogens with zero attached hydrogens (tertiary/aromatic N) is 1. The monoisotopic (exact) mass is 172 g/mol. The summed E-state index contributed by atoms with van der Waals surface area (Å²) in [6.45, 7) is 0.766. The zero-order valence-electron chi connectivity index (χ0n) is 6.36. The molecule has 1 aromatic rings. The molecule has 1 heterocycles. The molecule has 0 spiro atoms. The normalized spacial score (nSPS) is 8.82. The van der Waals surface area contributed by atoms with E-state index in [1.165, 1.54) is 5.56 Å². The molecular formula is C8H13ClN2. The zero-order chi connectivity index (χ0) is 7.23. The minimum atomic E-state index is 0. The van der Waals surface area contributed by atoms with Crippen LogP contribution in [-0.2, 0) is 6.42 Å². The summed E-state index contributed by atoms with van der Waals surface area (Å²) in [7, 11) is 0. The molecular weight excluding hydrogens is 160 g/mol. The molecule has 2 N–H and O–H groups in total. The molecule has 0 amide bonds. The Kier molecular flexibility index (Phi) is 5.80. The van der Waals surface area contributed by atoms with E-state index < -0.39 is 0 Å². The van der Waals surface area contributed by atoms with Crippen LogP contribution in [0.1, 0.15) is 12.0 Å². The first-order valence-corrected chi connectivity index (χ1v) is 3.52. The third kappa shape index (κ3) is 3.96. The minimum absolute atomic E-state index is 0. The minimum Gasteiger partial charge on any atom is -0.330 e. The first kappa shape index (κ1) is 10.4. The molecule has 1 rings (SSSR count). The maximum Gasteiger partial charge on any atom is 0.0270 e. The second kappa shape index (κ2) is 6.13. The van der Waals surface area contributed by atoms with Crippen LogP contribution in [0.25, 0.3) is 0 Å². The van der Waals surface area contributed by atoms with Crippen LogP contribution in [0.5, 0.6) is 0 Å². The van der Waals surface area contributed by atoms with Gasteiger partial charge >= 0.3 is 0 Å².